The molecule has 0 spiro atoms. The quantitative estimate of drug-likeness (QED) is 0.648. The number of ether oxygens (including phenoxy) is 1. The maximum Gasteiger partial charge on any atom is 0.126 e. The summed E-state index contributed by atoms with van der Waals surface area (Å²) >= 11 is 0. The molecule has 0 aliphatic heterocycles. The van der Waals surface area contributed by atoms with Gasteiger partial charge in [-0.15, -0.1) is 0 Å². The minimum absolute atomic E-state index is 0.156. The molecule has 1 nitrogen and oxygen atoms in total. The van der Waals surface area contributed by atoms with Crippen molar-refractivity contribution in [2.24, 2.45) is 0 Å². The van der Waals surface area contributed by atoms with Crippen LogP contribution < -0.4 is 0 Å². The van der Waals surface area contributed by atoms with Gasteiger partial charge in [0.1, 0.15) is 11.6 Å². The molecule has 0 amide bonds. The number of rotatable bonds is 8. The van der Waals surface area contributed by atoms with Crippen molar-refractivity contribution in [3.05, 3.63) is 71.3 Å². The van der Waals surface area contributed by atoms with Gasteiger partial charge in [0.15, 0.2) is 0 Å². The van der Waals surface area contributed by atoms with Crippen molar-refractivity contribution in [1.29, 1.82) is 0 Å². The second-order valence-corrected chi connectivity index (χ2v) is 5.00. The fraction of sp³-hybridized carbons (Fsp3) is 0.333. The van der Waals surface area contributed by atoms with Gasteiger partial charge < -0.3 is 4.74 Å². The summed E-state index contributed by atoms with van der Waals surface area (Å²) < 4.78 is 32.2. The Bertz CT molecular complexity index is 505. The Labute approximate surface area is 124 Å². The van der Waals surface area contributed by atoms with E-state index >= 15 is 0 Å². The number of benzene rings is 2. The molecule has 0 unspecified atom stereocenters. The highest BCUT2D eigenvalue weighted by atomic mass is 19.1. The van der Waals surface area contributed by atoms with Gasteiger partial charge in [-0.3, -0.25) is 0 Å². The fourth-order valence-electron chi connectivity index (χ4n) is 2.23. The third-order valence-corrected chi connectivity index (χ3v) is 3.39. The molecule has 0 aliphatic rings. The molecular formula is C18H20F2O. The van der Waals surface area contributed by atoms with Gasteiger partial charge in [0.2, 0.25) is 0 Å². The maximum absolute atomic E-state index is 13.4. The highest BCUT2D eigenvalue weighted by Gasteiger charge is 2.01. The van der Waals surface area contributed by atoms with Gasteiger partial charge >= 0.3 is 0 Å². The summed E-state index contributed by atoms with van der Waals surface area (Å²) in [6.07, 6.45) is 2.95. The first-order valence-corrected chi connectivity index (χ1v) is 7.32. The first-order valence-electron chi connectivity index (χ1n) is 7.32. The molecule has 2 aromatic rings. The van der Waals surface area contributed by atoms with Gasteiger partial charge in [-0.1, -0.05) is 36.4 Å². The van der Waals surface area contributed by atoms with Crippen LogP contribution in [0.2, 0.25) is 0 Å². The van der Waals surface area contributed by atoms with Crippen molar-refractivity contribution in [3.8, 4) is 0 Å². The van der Waals surface area contributed by atoms with Crippen LogP contribution in [0.3, 0.4) is 0 Å². The number of hydrogen-bond acceptors (Lipinski definition) is 1. The lowest BCUT2D eigenvalue weighted by Crippen LogP contribution is -2.01. The van der Waals surface area contributed by atoms with Crippen LogP contribution >= 0.6 is 0 Å². The van der Waals surface area contributed by atoms with E-state index in [1.165, 1.54) is 12.1 Å². The van der Waals surface area contributed by atoms with Crippen molar-refractivity contribution in [2.45, 2.75) is 25.7 Å². The molecule has 0 radical (unpaired) electrons. The molecule has 0 saturated carbocycles. The first-order chi connectivity index (χ1) is 10.3. The van der Waals surface area contributed by atoms with Crippen molar-refractivity contribution in [3.63, 3.8) is 0 Å². The second-order valence-electron chi connectivity index (χ2n) is 5.00. The molecule has 0 heterocycles. The molecular weight excluding hydrogens is 270 g/mol. The number of halogens is 2. The largest absolute Gasteiger partial charge is 0.381 e. The predicted octanol–water partition coefficient (Wildman–Crippen LogP) is 4.55. The lowest BCUT2D eigenvalue weighted by Gasteiger charge is -2.06. The van der Waals surface area contributed by atoms with Gasteiger partial charge in [0.25, 0.3) is 0 Å². The standard InChI is InChI=1S/C18H20F2O/c19-17-11-3-1-7-15(17)9-5-13-21-14-6-10-16-8-2-4-12-18(16)20/h1-4,7-8,11-12H,5-6,9-10,13-14H2. The molecule has 0 aliphatic carbocycles. The Morgan fingerprint density at radius 1 is 0.667 bits per heavy atom. The fourth-order valence-corrected chi connectivity index (χ4v) is 2.23. The molecule has 21 heavy (non-hydrogen) atoms. The van der Waals surface area contributed by atoms with E-state index in [2.05, 4.69) is 0 Å². The van der Waals surface area contributed by atoms with E-state index in [1.807, 2.05) is 12.1 Å². The zero-order valence-electron chi connectivity index (χ0n) is 12.0. The minimum Gasteiger partial charge on any atom is -0.381 e. The molecule has 0 aromatic heterocycles. The molecule has 2 aromatic carbocycles. The van der Waals surface area contributed by atoms with E-state index in [9.17, 15) is 8.78 Å². The third kappa shape index (κ3) is 5.27. The van der Waals surface area contributed by atoms with Gasteiger partial charge in [-0.25, -0.2) is 8.78 Å². The molecule has 0 atom stereocenters. The summed E-state index contributed by atoms with van der Waals surface area (Å²) in [6, 6.07) is 13.6. The molecule has 112 valence electrons. The molecule has 0 bridgehead atoms. The van der Waals surface area contributed by atoms with E-state index < -0.39 is 0 Å². The van der Waals surface area contributed by atoms with Crippen LogP contribution in [0, 0.1) is 11.6 Å². The van der Waals surface area contributed by atoms with Gasteiger partial charge in [0, 0.05) is 13.2 Å². The summed E-state index contributed by atoms with van der Waals surface area (Å²) in [5, 5.41) is 0. The van der Waals surface area contributed by atoms with Crippen LogP contribution in [0.4, 0.5) is 8.78 Å². The van der Waals surface area contributed by atoms with Gasteiger partial charge in [-0.2, -0.15) is 0 Å². The summed E-state index contributed by atoms with van der Waals surface area (Å²) in [7, 11) is 0. The van der Waals surface area contributed by atoms with E-state index in [0.29, 0.717) is 26.1 Å². The Balaban J connectivity index is 1.57. The van der Waals surface area contributed by atoms with Crippen LogP contribution in [-0.2, 0) is 17.6 Å². The molecule has 0 fully saturated rings. The van der Waals surface area contributed by atoms with E-state index in [0.717, 1.165) is 24.0 Å². The number of aryl methyl sites for hydroxylation is 2. The lowest BCUT2D eigenvalue weighted by molar-refractivity contribution is 0.129. The molecule has 0 saturated heterocycles. The Hall–Kier alpha value is -1.74. The van der Waals surface area contributed by atoms with Crippen molar-refractivity contribution >= 4 is 0 Å². The van der Waals surface area contributed by atoms with Crippen LogP contribution in [0.15, 0.2) is 48.5 Å². The molecule has 3 heteroatoms. The minimum atomic E-state index is -0.156. The van der Waals surface area contributed by atoms with E-state index in [-0.39, 0.29) is 11.6 Å². The van der Waals surface area contributed by atoms with Gasteiger partial charge in [0.05, 0.1) is 0 Å². The average Bonchev–Trinajstić information content (AvgIpc) is 2.50. The summed E-state index contributed by atoms with van der Waals surface area (Å²) in [5.74, 6) is -0.311. The van der Waals surface area contributed by atoms with E-state index in [1.54, 1.807) is 24.3 Å². The Morgan fingerprint density at radius 3 is 1.52 bits per heavy atom. The van der Waals surface area contributed by atoms with Crippen LogP contribution in [0.1, 0.15) is 24.0 Å². The van der Waals surface area contributed by atoms with Crippen LogP contribution in [0.25, 0.3) is 0 Å². The SMILES string of the molecule is Fc1ccccc1CCCOCCCc1ccccc1F. The zero-order valence-corrected chi connectivity index (χ0v) is 12.0. The molecule has 2 rings (SSSR count). The second kappa shape index (κ2) is 8.53. The Morgan fingerprint density at radius 2 is 1.10 bits per heavy atom. The smallest absolute Gasteiger partial charge is 0.126 e. The van der Waals surface area contributed by atoms with E-state index in [4.69, 9.17) is 4.74 Å². The lowest BCUT2D eigenvalue weighted by atomic mass is 10.1. The third-order valence-electron chi connectivity index (χ3n) is 3.39. The average molecular weight is 290 g/mol. The van der Waals surface area contributed by atoms with Crippen molar-refractivity contribution < 1.29 is 13.5 Å². The summed E-state index contributed by atoms with van der Waals surface area (Å²) in [4.78, 5) is 0. The zero-order chi connectivity index (χ0) is 14.9. The summed E-state index contributed by atoms with van der Waals surface area (Å²) in [5.41, 5.74) is 1.46. The first kappa shape index (κ1) is 15.6. The molecule has 0 N–H and O–H groups in total. The van der Waals surface area contributed by atoms with Crippen molar-refractivity contribution in [1.82, 2.24) is 0 Å². The van der Waals surface area contributed by atoms with Crippen LogP contribution in [-0.4, -0.2) is 13.2 Å². The van der Waals surface area contributed by atoms with Crippen molar-refractivity contribution in [2.75, 3.05) is 13.2 Å². The normalized spacial score (nSPS) is 10.8. The highest BCUT2D eigenvalue weighted by Crippen LogP contribution is 2.10. The maximum atomic E-state index is 13.4. The number of hydrogen-bond donors (Lipinski definition) is 0. The monoisotopic (exact) mass is 290 g/mol. The topological polar surface area (TPSA) is 9.23 Å². The highest BCUT2D eigenvalue weighted by molar-refractivity contribution is 5.17. The predicted molar refractivity (Wildman–Crippen MR) is 80.3 cm³/mol. The Kier molecular flexibility index (Phi) is 6.35. The summed E-state index contributed by atoms with van der Waals surface area (Å²) in [6.45, 7) is 1.21. The van der Waals surface area contributed by atoms with Crippen LogP contribution in [0.5, 0.6) is 0 Å². The van der Waals surface area contributed by atoms with Gasteiger partial charge in [-0.05, 0) is 48.9 Å².